The van der Waals surface area contributed by atoms with E-state index in [1.807, 2.05) is 24.3 Å². The van der Waals surface area contributed by atoms with Gasteiger partial charge in [-0.05, 0) is 30.5 Å². The second-order valence-electron chi connectivity index (χ2n) is 3.52. The second-order valence-corrected chi connectivity index (χ2v) is 3.96. The fraction of sp³-hybridized carbons (Fsp3) is 0.273. The Bertz CT molecular complexity index is 318. The fourth-order valence-corrected chi connectivity index (χ4v) is 1.65. The van der Waals surface area contributed by atoms with Crippen LogP contribution in [-0.4, -0.2) is 6.04 Å². The summed E-state index contributed by atoms with van der Waals surface area (Å²) in [6.45, 7) is 0. The van der Waals surface area contributed by atoms with Gasteiger partial charge >= 0.3 is 0 Å². The molecule has 1 aromatic rings. The van der Waals surface area contributed by atoms with Crippen LogP contribution in [0.2, 0.25) is 5.02 Å². The van der Waals surface area contributed by atoms with Crippen molar-refractivity contribution in [2.75, 3.05) is 0 Å². The topological polar surface area (TPSA) is 26.0 Å². The van der Waals surface area contributed by atoms with E-state index in [2.05, 4.69) is 6.08 Å². The summed E-state index contributed by atoms with van der Waals surface area (Å²) in [7, 11) is 0. The van der Waals surface area contributed by atoms with Gasteiger partial charge in [0.15, 0.2) is 0 Å². The smallest absolute Gasteiger partial charge is 0.0406 e. The Morgan fingerprint density at radius 1 is 1.23 bits per heavy atom. The molecule has 0 saturated heterocycles. The Morgan fingerprint density at radius 2 is 1.85 bits per heavy atom. The fourth-order valence-electron chi connectivity index (χ4n) is 1.53. The predicted octanol–water partition coefficient (Wildman–Crippen LogP) is 2.84. The summed E-state index contributed by atoms with van der Waals surface area (Å²) in [5.41, 5.74) is 8.34. The van der Waals surface area contributed by atoms with Crippen LogP contribution in [0.25, 0.3) is 6.08 Å². The monoisotopic (exact) mass is 193 g/mol. The van der Waals surface area contributed by atoms with Crippen LogP contribution in [0.4, 0.5) is 0 Å². The van der Waals surface area contributed by atoms with Gasteiger partial charge in [-0.1, -0.05) is 35.4 Å². The van der Waals surface area contributed by atoms with Gasteiger partial charge in [-0.2, -0.15) is 0 Å². The third-order valence-electron chi connectivity index (χ3n) is 2.29. The molecule has 1 saturated carbocycles. The first-order valence-corrected chi connectivity index (χ1v) is 4.82. The van der Waals surface area contributed by atoms with Crippen molar-refractivity contribution in [2.24, 2.45) is 5.73 Å². The maximum Gasteiger partial charge on any atom is 0.0406 e. The van der Waals surface area contributed by atoms with Crippen LogP contribution in [0.3, 0.4) is 0 Å². The van der Waals surface area contributed by atoms with Gasteiger partial charge in [-0.3, -0.25) is 0 Å². The van der Waals surface area contributed by atoms with Crippen molar-refractivity contribution >= 4 is 17.7 Å². The molecule has 0 amide bonds. The summed E-state index contributed by atoms with van der Waals surface area (Å²) in [5.74, 6) is 0. The van der Waals surface area contributed by atoms with E-state index in [0.29, 0.717) is 6.04 Å². The first-order chi connectivity index (χ1) is 6.24. The van der Waals surface area contributed by atoms with E-state index in [-0.39, 0.29) is 0 Å². The van der Waals surface area contributed by atoms with Crippen molar-refractivity contribution in [3.8, 4) is 0 Å². The average Bonchev–Trinajstić information content (AvgIpc) is 2.06. The molecule has 0 aromatic heterocycles. The Morgan fingerprint density at radius 3 is 2.38 bits per heavy atom. The van der Waals surface area contributed by atoms with Crippen molar-refractivity contribution in [1.82, 2.24) is 0 Å². The summed E-state index contributed by atoms with van der Waals surface area (Å²) >= 11 is 5.78. The highest BCUT2D eigenvalue weighted by Gasteiger charge is 2.17. The number of hydrogen-bond acceptors (Lipinski definition) is 1. The van der Waals surface area contributed by atoms with Crippen LogP contribution in [0.15, 0.2) is 29.8 Å². The molecule has 0 aliphatic heterocycles. The van der Waals surface area contributed by atoms with Gasteiger partial charge in [0.1, 0.15) is 0 Å². The quantitative estimate of drug-likeness (QED) is 0.730. The molecule has 2 rings (SSSR count). The molecule has 0 atom stereocenters. The van der Waals surface area contributed by atoms with E-state index < -0.39 is 0 Å². The maximum atomic E-state index is 5.78. The molecule has 1 aliphatic carbocycles. The van der Waals surface area contributed by atoms with Crippen molar-refractivity contribution in [1.29, 1.82) is 0 Å². The molecule has 1 nitrogen and oxygen atoms in total. The SMILES string of the molecule is NC1CC(=Cc2ccc(Cl)cc2)C1. The number of hydrogen-bond donors (Lipinski definition) is 1. The average molecular weight is 194 g/mol. The van der Waals surface area contributed by atoms with Gasteiger partial charge in [-0.25, -0.2) is 0 Å². The largest absolute Gasteiger partial charge is 0.327 e. The van der Waals surface area contributed by atoms with E-state index in [1.165, 1.54) is 11.1 Å². The summed E-state index contributed by atoms with van der Waals surface area (Å²) in [5, 5.41) is 0.785. The first kappa shape index (κ1) is 8.79. The molecule has 1 fully saturated rings. The van der Waals surface area contributed by atoms with Crippen molar-refractivity contribution in [3.05, 3.63) is 40.4 Å². The highest BCUT2D eigenvalue weighted by Crippen LogP contribution is 2.26. The van der Waals surface area contributed by atoms with E-state index in [4.69, 9.17) is 17.3 Å². The van der Waals surface area contributed by atoms with Crippen molar-refractivity contribution < 1.29 is 0 Å². The van der Waals surface area contributed by atoms with Gasteiger partial charge in [0.2, 0.25) is 0 Å². The lowest BCUT2D eigenvalue weighted by Gasteiger charge is -2.25. The van der Waals surface area contributed by atoms with Crippen molar-refractivity contribution in [3.63, 3.8) is 0 Å². The van der Waals surface area contributed by atoms with Crippen LogP contribution >= 0.6 is 11.6 Å². The lowest BCUT2D eigenvalue weighted by atomic mass is 9.86. The van der Waals surface area contributed by atoms with Gasteiger partial charge in [-0.15, -0.1) is 0 Å². The van der Waals surface area contributed by atoms with Crippen LogP contribution in [0.5, 0.6) is 0 Å². The lowest BCUT2D eigenvalue weighted by Crippen LogP contribution is -2.29. The van der Waals surface area contributed by atoms with E-state index in [0.717, 1.165) is 17.9 Å². The number of rotatable bonds is 1. The Hall–Kier alpha value is -0.790. The van der Waals surface area contributed by atoms with E-state index >= 15 is 0 Å². The molecule has 2 N–H and O–H groups in total. The molecule has 1 aromatic carbocycles. The Kier molecular flexibility index (Phi) is 2.38. The summed E-state index contributed by atoms with van der Waals surface area (Å²) < 4.78 is 0. The molecule has 0 unspecified atom stereocenters. The molecule has 68 valence electrons. The summed E-state index contributed by atoms with van der Waals surface area (Å²) in [6.07, 6.45) is 4.28. The van der Waals surface area contributed by atoms with Crippen LogP contribution in [0, 0.1) is 0 Å². The van der Waals surface area contributed by atoms with Gasteiger partial charge in [0, 0.05) is 11.1 Å². The zero-order valence-corrected chi connectivity index (χ0v) is 8.09. The molecular weight excluding hydrogens is 182 g/mol. The molecule has 13 heavy (non-hydrogen) atoms. The molecule has 0 radical (unpaired) electrons. The number of nitrogens with two attached hydrogens (primary N) is 1. The van der Waals surface area contributed by atoms with Gasteiger partial charge in [0.05, 0.1) is 0 Å². The molecular formula is C11H12ClN. The van der Waals surface area contributed by atoms with Crippen LogP contribution in [0.1, 0.15) is 18.4 Å². The maximum absolute atomic E-state index is 5.78. The molecule has 0 bridgehead atoms. The number of halogens is 1. The zero-order valence-electron chi connectivity index (χ0n) is 7.33. The minimum Gasteiger partial charge on any atom is -0.327 e. The van der Waals surface area contributed by atoms with Crippen LogP contribution < -0.4 is 5.73 Å². The second kappa shape index (κ2) is 3.52. The van der Waals surface area contributed by atoms with Gasteiger partial charge in [0.25, 0.3) is 0 Å². The normalized spacial score (nSPS) is 21.1. The zero-order chi connectivity index (χ0) is 9.26. The third-order valence-corrected chi connectivity index (χ3v) is 2.54. The predicted molar refractivity (Wildman–Crippen MR) is 56.6 cm³/mol. The number of benzene rings is 1. The minimum atomic E-state index is 0.388. The molecule has 2 heteroatoms. The van der Waals surface area contributed by atoms with E-state index in [1.54, 1.807) is 0 Å². The van der Waals surface area contributed by atoms with Crippen molar-refractivity contribution in [2.45, 2.75) is 18.9 Å². The third kappa shape index (κ3) is 2.11. The molecule has 1 aliphatic rings. The molecule has 0 spiro atoms. The first-order valence-electron chi connectivity index (χ1n) is 4.44. The Balaban J connectivity index is 2.10. The Labute approximate surface area is 83.2 Å². The minimum absolute atomic E-state index is 0.388. The highest BCUT2D eigenvalue weighted by atomic mass is 35.5. The van der Waals surface area contributed by atoms with Gasteiger partial charge < -0.3 is 5.73 Å². The molecule has 0 heterocycles. The summed E-state index contributed by atoms with van der Waals surface area (Å²) in [6, 6.07) is 8.26. The lowest BCUT2D eigenvalue weighted by molar-refractivity contribution is 0.547. The standard InChI is InChI=1S/C11H12ClN/c12-10-3-1-8(2-4-10)5-9-6-11(13)7-9/h1-5,11H,6-7,13H2. The van der Waals surface area contributed by atoms with E-state index in [9.17, 15) is 0 Å². The highest BCUT2D eigenvalue weighted by molar-refractivity contribution is 6.30. The van der Waals surface area contributed by atoms with Crippen LogP contribution in [-0.2, 0) is 0 Å². The summed E-state index contributed by atoms with van der Waals surface area (Å²) in [4.78, 5) is 0.